The number of hydrogen-bond donors (Lipinski definition) is 0. The zero-order valence-electron chi connectivity index (χ0n) is 11.6. The van der Waals surface area contributed by atoms with Crippen molar-refractivity contribution in [3.8, 4) is 0 Å². The van der Waals surface area contributed by atoms with Crippen LogP contribution in [0.2, 0.25) is 0 Å². The lowest BCUT2D eigenvalue weighted by atomic mass is 10.2. The highest BCUT2D eigenvalue weighted by atomic mass is 32.2. The summed E-state index contributed by atoms with van der Waals surface area (Å²) in [4.78, 5) is 11.9. The van der Waals surface area contributed by atoms with Crippen LogP contribution in [-0.4, -0.2) is 18.8 Å². The van der Waals surface area contributed by atoms with E-state index in [4.69, 9.17) is 0 Å². The molecule has 0 aliphatic rings. The normalized spacial score (nSPS) is 13.2. The molecule has 1 rings (SSSR count). The first-order valence-electron chi connectivity index (χ1n) is 6.79. The van der Waals surface area contributed by atoms with Crippen LogP contribution in [-0.2, 0) is 21.1 Å². The van der Waals surface area contributed by atoms with Crippen molar-refractivity contribution < 1.29 is 13.2 Å². The molecule has 0 aromatic heterocycles. The molecule has 4 heteroatoms. The molecule has 1 unspecified atom stereocenters. The minimum atomic E-state index is -3.66. The minimum Gasteiger partial charge on any atom is -0.281 e. The van der Waals surface area contributed by atoms with Gasteiger partial charge in [-0.05, 0) is 18.9 Å². The Bertz CT molecular complexity index is 491. The fourth-order valence-corrected chi connectivity index (χ4v) is 3.22. The Labute approximate surface area is 116 Å². The third-order valence-electron chi connectivity index (χ3n) is 3.25. The van der Waals surface area contributed by atoms with Crippen LogP contribution in [0.15, 0.2) is 30.3 Å². The van der Waals surface area contributed by atoms with Crippen molar-refractivity contribution in [1.82, 2.24) is 0 Å². The summed E-state index contributed by atoms with van der Waals surface area (Å²) >= 11 is 0. The van der Waals surface area contributed by atoms with Crippen molar-refractivity contribution in [2.75, 3.05) is 0 Å². The average Bonchev–Trinajstić information content (AvgIpc) is 2.40. The zero-order valence-corrected chi connectivity index (χ0v) is 12.4. The fourth-order valence-electron chi connectivity index (χ4n) is 1.92. The molecule has 0 spiro atoms. The third-order valence-corrected chi connectivity index (χ3v) is 5.33. The summed E-state index contributed by atoms with van der Waals surface area (Å²) < 4.78 is 24.2. The van der Waals surface area contributed by atoms with Crippen molar-refractivity contribution >= 4 is 15.0 Å². The van der Waals surface area contributed by atoms with Crippen LogP contribution in [0.4, 0.5) is 0 Å². The van der Waals surface area contributed by atoms with Crippen molar-refractivity contribution in [3.63, 3.8) is 0 Å². The highest BCUT2D eigenvalue weighted by Gasteiger charge is 2.28. The second-order valence-corrected chi connectivity index (χ2v) is 7.24. The molecule has 0 aliphatic heterocycles. The third kappa shape index (κ3) is 4.78. The van der Waals surface area contributed by atoms with E-state index in [1.165, 1.54) is 0 Å². The quantitative estimate of drug-likeness (QED) is 0.722. The number of carbonyl (C=O) groups excluding carboxylic acids is 1. The summed E-state index contributed by atoms with van der Waals surface area (Å²) in [5, 5.41) is -1.24. The molecular weight excluding hydrogens is 260 g/mol. The van der Waals surface area contributed by atoms with E-state index >= 15 is 0 Å². The number of carbonyl (C=O) groups is 1. The Hall–Kier alpha value is -1.16. The molecule has 0 bridgehead atoms. The Morgan fingerprint density at radius 1 is 1.16 bits per heavy atom. The van der Waals surface area contributed by atoms with Crippen LogP contribution in [0.5, 0.6) is 0 Å². The van der Waals surface area contributed by atoms with Gasteiger partial charge in [0.05, 0.1) is 5.25 Å². The Morgan fingerprint density at radius 3 is 2.37 bits per heavy atom. The van der Waals surface area contributed by atoms with Crippen LogP contribution in [0.3, 0.4) is 0 Å². The molecule has 0 heterocycles. The van der Waals surface area contributed by atoms with Gasteiger partial charge in [-0.2, -0.15) is 0 Å². The first kappa shape index (κ1) is 15.9. The van der Waals surface area contributed by atoms with E-state index in [2.05, 4.69) is 6.92 Å². The molecule has 3 nitrogen and oxygen atoms in total. The smallest absolute Gasteiger partial charge is 0.251 e. The molecule has 0 saturated heterocycles. The second kappa shape index (κ2) is 7.43. The van der Waals surface area contributed by atoms with Crippen LogP contribution < -0.4 is 0 Å². The van der Waals surface area contributed by atoms with Gasteiger partial charge in [-0.15, -0.1) is 0 Å². The first-order valence-corrected chi connectivity index (χ1v) is 8.33. The lowest BCUT2D eigenvalue weighted by Gasteiger charge is -2.11. The Balaban J connectivity index is 2.63. The maximum Gasteiger partial charge on any atom is 0.251 e. The van der Waals surface area contributed by atoms with Gasteiger partial charge in [0.1, 0.15) is 0 Å². The van der Waals surface area contributed by atoms with E-state index in [1.807, 2.05) is 6.07 Å². The van der Waals surface area contributed by atoms with E-state index in [-0.39, 0.29) is 6.42 Å². The van der Waals surface area contributed by atoms with Gasteiger partial charge in [0.25, 0.3) is 5.12 Å². The van der Waals surface area contributed by atoms with Gasteiger partial charge in [-0.25, -0.2) is 8.42 Å². The summed E-state index contributed by atoms with van der Waals surface area (Å²) in [6.45, 7) is 3.70. The zero-order chi connectivity index (χ0) is 14.3. The van der Waals surface area contributed by atoms with Crippen LogP contribution in [0.25, 0.3) is 0 Å². The predicted octanol–water partition coefficient (Wildman–Crippen LogP) is 3.14. The topological polar surface area (TPSA) is 51.2 Å². The number of unbranched alkanes of at least 4 members (excludes halogenated alkanes) is 2. The van der Waals surface area contributed by atoms with Crippen molar-refractivity contribution in [3.05, 3.63) is 35.9 Å². The van der Waals surface area contributed by atoms with Gasteiger partial charge in [0.2, 0.25) is 9.84 Å². The fraction of sp³-hybridized carbons (Fsp3) is 0.533. The number of sulfone groups is 1. The minimum absolute atomic E-state index is 0.0265. The standard InChI is InChI=1S/C15H22O3S/c1-3-4-6-9-13(2)19(17,18)15(16)12-14-10-7-5-8-11-14/h5,7-8,10-11,13H,3-4,6,9,12H2,1-2H3. The van der Waals surface area contributed by atoms with Gasteiger partial charge in [-0.3, -0.25) is 4.79 Å². The number of benzene rings is 1. The van der Waals surface area contributed by atoms with Gasteiger partial charge in [0, 0.05) is 6.42 Å². The predicted molar refractivity (Wildman–Crippen MR) is 77.7 cm³/mol. The molecule has 0 radical (unpaired) electrons. The first-order chi connectivity index (χ1) is 8.98. The molecule has 0 amide bonds. The van der Waals surface area contributed by atoms with Crippen LogP contribution in [0, 0.1) is 0 Å². The van der Waals surface area contributed by atoms with E-state index in [0.717, 1.165) is 24.8 Å². The molecule has 0 fully saturated rings. The van der Waals surface area contributed by atoms with E-state index in [0.29, 0.717) is 6.42 Å². The number of hydrogen-bond acceptors (Lipinski definition) is 3. The SMILES string of the molecule is CCCCCC(C)S(=O)(=O)C(=O)Cc1ccccc1. The molecule has 1 aromatic rings. The molecule has 19 heavy (non-hydrogen) atoms. The van der Waals surface area contributed by atoms with Gasteiger partial charge in [0.15, 0.2) is 0 Å². The summed E-state index contributed by atoms with van der Waals surface area (Å²) in [7, 11) is -3.66. The van der Waals surface area contributed by atoms with E-state index in [1.54, 1.807) is 31.2 Å². The van der Waals surface area contributed by atoms with Gasteiger partial charge < -0.3 is 0 Å². The summed E-state index contributed by atoms with van der Waals surface area (Å²) in [6, 6.07) is 9.00. The highest BCUT2D eigenvalue weighted by molar-refractivity contribution is 8.06. The van der Waals surface area contributed by atoms with Crippen LogP contribution >= 0.6 is 0 Å². The summed E-state index contributed by atoms with van der Waals surface area (Å²) in [5.74, 6) is 0. The maximum absolute atomic E-state index is 12.1. The average molecular weight is 282 g/mol. The molecule has 106 valence electrons. The molecule has 0 aliphatic carbocycles. The molecular formula is C15H22O3S. The van der Waals surface area contributed by atoms with Gasteiger partial charge >= 0.3 is 0 Å². The summed E-state index contributed by atoms with van der Waals surface area (Å²) in [6.07, 6.45) is 3.45. The maximum atomic E-state index is 12.1. The molecule has 1 atom stereocenters. The lowest BCUT2D eigenvalue weighted by Crippen LogP contribution is -2.27. The van der Waals surface area contributed by atoms with E-state index < -0.39 is 20.2 Å². The van der Waals surface area contributed by atoms with Crippen molar-refractivity contribution in [2.45, 2.75) is 51.2 Å². The molecule has 0 N–H and O–H groups in total. The molecule has 1 aromatic carbocycles. The highest BCUT2D eigenvalue weighted by Crippen LogP contribution is 2.14. The number of rotatable bonds is 7. The van der Waals surface area contributed by atoms with E-state index in [9.17, 15) is 13.2 Å². The van der Waals surface area contributed by atoms with Crippen LogP contribution in [0.1, 0.15) is 45.1 Å². The summed E-state index contributed by atoms with van der Waals surface area (Å²) in [5.41, 5.74) is 0.747. The largest absolute Gasteiger partial charge is 0.281 e. The van der Waals surface area contributed by atoms with Gasteiger partial charge in [-0.1, -0.05) is 56.5 Å². The van der Waals surface area contributed by atoms with Crippen molar-refractivity contribution in [2.24, 2.45) is 0 Å². The lowest BCUT2D eigenvalue weighted by molar-refractivity contribution is -0.111. The monoisotopic (exact) mass is 282 g/mol. The van der Waals surface area contributed by atoms with Crippen molar-refractivity contribution in [1.29, 1.82) is 0 Å². The molecule has 0 saturated carbocycles. The Kier molecular flexibility index (Phi) is 6.22. The second-order valence-electron chi connectivity index (χ2n) is 4.89. The Morgan fingerprint density at radius 2 is 1.79 bits per heavy atom.